The van der Waals surface area contributed by atoms with Crippen LogP contribution in [0.25, 0.3) is 16.9 Å². The maximum absolute atomic E-state index is 12.7. The molecule has 0 radical (unpaired) electrons. The summed E-state index contributed by atoms with van der Waals surface area (Å²) >= 11 is 0. The van der Waals surface area contributed by atoms with Gasteiger partial charge in [0.05, 0.1) is 18.1 Å². The highest BCUT2D eigenvalue weighted by atomic mass is 16.2. The van der Waals surface area contributed by atoms with E-state index in [0.29, 0.717) is 47.0 Å². The van der Waals surface area contributed by atoms with Crippen molar-refractivity contribution in [1.29, 1.82) is 0 Å². The summed E-state index contributed by atoms with van der Waals surface area (Å²) in [4.78, 5) is 38.4. The Kier molecular flexibility index (Phi) is 6.13. The molecule has 4 aromatic rings. The molecule has 0 atom stereocenters. The van der Waals surface area contributed by atoms with Gasteiger partial charge in [-0.05, 0) is 43.0 Å². The molecule has 178 valence electrons. The molecule has 1 aliphatic carbocycles. The van der Waals surface area contributed by atoms with Crippen LogP contribution in [0.5, 0.6) is 0 Å². The summed E-state index contributed by atoms with van der Waals surface area (Å²) in [5.41, 5.74) is 3.28. The molecular formula is C26H27N7O2. The van der Waals surface area contributed by atoms with Crippen LogP contribution in [0.1, 0.15) is 47.5 Å². The smallest absolute Gasteiger partial charge is 0.275 e. The van der Waals surface area contributed by atoms with Gasteiger partial charge in [-0.2, -0.15) is 0 Å². The highest BCUT2D eigenvalue weighted by molar-refractivity contribution is 6.02. The molecule has 9 heteroatoms. The number of anilines is 2. The van der Waals surface area contributed by atoms with E-state index >= 15 is 0 Å². The zero-order valence-electron chi connectivity index (χ0n) is 19.7. The molecule has 1 saturated carbocycles. The summed E-state index contributed by atoms with van der Waals surface area (Å²) in [5, 5.41) is 9.19. The second-order valence-electron chi connectivity index (χ2n) is 9.08. The molecule has 0 spiro atoms. The molecular weight excluding hydrogens is 442 g/mol. The molecule has 0 bridgehead atoms. The number of nitrogens with zero attached hydrogens (tertiary/aromatic N) is 4. The minimum atomic E-state index is -0.347. The molecule has 1 aromatic carbocycles. The van der Waals surface area contributed by atoms with Crippen LogP contribution in [0.4, 0.5) is 11.6 Å². The van der Waals surface area contributed by atoms with Crippen molar-refractivity contribution in [2.24, 2.45) is 5.92 Å². The van der Waals surface area contributed by atoms with Crippen LogP contribution in [0.3, 0.4) is 0 Å². The molecule has 1 fully saturated rings. The van der Waals surface area contributed by atoms with Crippen molar-refractivity contribution in [1.82, 2.24) is 24.7 Å². The quantitative estimate of drug-likeness (QED) is 0.359. The third-order valence-electron chi connectivity index (χ3n) is 5.66. The number of hydrogen-bond acceptors (Lipinski definition) is 6. The van der Waals surface area contributed by atoms with Gasteiger partial charge in [0.15, 0.2) is 17.3 Å². The van der Waals surface area contributed by atoms with Crippen LogP contribution in [0, 0.1) is 5.92 Å². The zero-order chi connectivity index (χ0) is 24.4. The number of benzene rings is 1. The Morgan fingerprint density at radius 2 is 1.86 bits per heavy atom. The molecule has 1 aliphatic rings. The molecule has 3 aromatic heterocycles. The number of amides is 2. The third kappa shape index (κ3) is 5.13. The van der Waals surface area contributed by atoms with Crippen molar-refractivity contribution in [3.05, 3.63) is 72.3 Å². The first-order valence-electron chi connectivity index (χ1n) is 11.7. The van der Waals surface area contributed by atoms with E-state index in [1.165, 1.54) is 0 Å². The van der Waals surface area contributed by atoms with Crippen molar-refractivity contribution in [3.8, 4) is 11.3 Å². The number of pyridine rings is 1. The van der Waals surface area contributed by atoms with Gasteiger partial charge in [-0.25, -0.2) is 9.97 Å². The number of carbonyl (C=O) groups is 2. The Bertz CT molecular complexity index is 1360. The maximum Gasteiger partial charge on any atom is 0.275 e. The predicted molar refractivity (Wildman–Crippen MR) is 134 cm³/mol. The van der Waals surface area contributed by atoms with Crippen molar-refractivity contribution >= 4 is 29.1 Å². The summed E-state index contributed by atoms with van der Waals surface area (Å²) in [7, 11) is 0. The minimum Gasteiger partial charge on any atom is -0.367 e. The monoisotopic (exact) mass is 469 g/mol. The third-order valence-corrected chi connectivity index (χ3v) is 5.66. The number of fused-ring (bicyclic) bond motifs is 1. The van der Waals surface area contributed by atoms with Gasteiger partial charge in [-0.15, -0.1) is 0 Å². The Morgan fingerprint density at radius 1 is 1.06 bits per heavy atom. The van der Waals surface area contributed by atoms with Gasteiger partial charge in [0, 0.05) is 29.9 Å². The maximum atomic E-state index is 12.7. The van der Waals surface area contributed by atoms with E-state index in [9.17, 15) is 9.59 Å². The Balaban J connectivity index is 1.48. The fourth-order valence-corrected chi connectivity index (χ4v) is 3.65. The van der Waals surface area contributed by atoms with Crippen LogP contribution in [-0.2, 0) is 0 Å². The van der Waals surface area contributed by atoms with E-state index in [1.807, 2.05) is 28.7 Å². The van der Waals surface area contributed by atoms with Crippen molar-refractivity contribution < 1.29 is 9.59 Å². The molecule has 0 unspecified atom stereocenters. The average molecular weight is 470 g/mol. The van der Waals surface area contributed by atoms with E-state index in [-0.39, 0.29) is 11.8 Å². The summed E-state index contributed by atoms with van der Waals surface area (Å²) in [6.45, 7) is 4.91. The van der Waals surface area contributed by atoms with Crippen LogP contribution in [0.2, 0.25) is 0 Å². The number of carbonyl (C=O) groups excluding carboxylic acids is 2. The van der Waals surface area contributed by atoms with E-state index in [1.54, 1.807) is 36.8 Å². The Labute approximate surface area is 203 Å². The Hall–Kier alpha value is -4.27. The van der Waals surface area contributed by atoms with Gasteiger partial charge in [0.2, 0.25) is 0 Å². The lowest BCUT2D eigenvalue weighted by atomic mass is 10.1. The van der Waals surface area contributed by atoms with Crippen molar-refractivity contribution in [2.75, 3.05) is 17.2 Å². The molecule has 2 amide bonds. The average Bonchev–Trinajstić information content (AvgIpc) is 3.58. The first-order chi connectivity index (χ1) is 17.0. The number of imidazole rings is 1. The van der Waals surface area contributed by atoms with Crippen LogP contribution < -0.4 is 16.0 Å². The van der Waals surface area contributed by atoms with Gasteiger partial charge in [-0.1, -0.05) is 32.0 Å². The lowest BCUT2D eigenvalue weighted by Gasteiger charge is -2.13. The SMILES string of the molecule is CC(C)CNc1nc(NC(=O)c2ccccn2)cn2c(-c3ccc(C(=O)NC4CC4)cc3)cnc12. The normalized spacial score (nSPS) is 13.1. The van der Waals surface area contributed by atoms with E-state index < -0.39 is 0 Å². The van der Waals surface area contributed by atoms with Gasteiger partial charge in [0.25, 0.3) is 11.8 Å². The first kappa shape index (κ1) is 22.5. The first-order valence-corrected chi connectivity index (χ1v) is 11.7. The molecule has 35 heavy (non-hydrogen) atoms. The number of aromatic nitrogens is 4. The number of hydrogen-bond donors (Lipinski definition) is 3. The summed E-state index contributed by atoms with van der Waals surface area (Å²) < 4.78 is 1.89. The van der Waals surface area contributed by atoms with Crippen LogP contribution in [-0.4, -0.2) is 43.8 Å². The second-order valence-corrected chi connectivity index (χ2v) is 9.08. The second kappa shape index (κ2) is 9.54. The molecule has 3 heterocycles. The van der Waals surface area contributed by atoms with Gasteiger partial charge in [-0.3, -0.25) is 19.0 Å². The summed E-state index contributed by atoms with van der Waals surface area (Å²) in [6, 6.07) is 12.9. The molecule has 9 nitrogen and oxygen atoms in total. The van der Waals surface area contributed by atoms with E-state index in [0.717, 1.165) is 24.1 Å². The van der Waals surface area contributed by atoms with Gasteiger partial charge < -0.3 is 16.0 Å². The minimum absolute atomic E-state index is 0.0546. The molecule has 5 rings (SSSR count). The van der Waals surface area contributed by atoms with Gasteiger partial charge in [0.1, 0.15) is 5.69 Å². The lowest BCUT2D eigenvalue weighted by Crippen LogP contribution is -2.25. The highest BCUT2D eigenvalue weighted by Gasteiger charge is 2.24. The molecule has 0 saturated heterocycles. The van der Waals surface area contributed by atoms with Gasteiger partial charge >= 0.3 is 0 Å². The topological polar surface area (TPSA) is 113 Å². The standard InChI is InChI=1S/C26H27N7O2/c1-16(2)13-28-23-24-29-14-21(17-6-8-18(9-7-17)25(34)30-19-10-11-19)33(24)15-22(31-23)32-26(35)20-5-3-4-12-27-20/h3-9,12,14-16,19H,10-11,13H2,1-2H3,(H,28,31)(H,30,34)(H,32,35). The fourth-order valence-electron chi connectivity index (χ4n) is 3.65. The van der Waals surface area contributed by atoms with Crippen LogP contribution in [0.15, 0.2) is 61.1 Å². The van der Waals surface area contributed by atoms with Crippen molar-refractivity contribution in [2.45, 2.75) is 32.7 Å². The van der Waals surface area contributed by atoms with E-state index in [2.05, 4.69) is 44.7 Å². The summed E-state index contributed by atoms with van der Waals surface area (Å²) in [5.74, 6) is 0.941. The molecule has 0 aliphatic heterocycles. The van der Waals surface area contributed by atoms with Crippen molar-refractivity contribution in [3.63, 3.8) is 0 Å². The number of rotatable bonds is 8. The largest absolute Gasteiger partial charge is 0.367 e. The van der Waals surface area contributed by atoms with Crippen LogP contribution >= 0.6 is 0 Å². The lowest BCUT2D eigenvalue weighted by molar-refractivity contribution is 0.0950. The predicted octanol–water partition coefficient (Wildman–Crippen LogP) is 4.00. The highest BCUT2D eigenvalue weighted by Crippen LogP contribution is 2.27. The molecule has 3 N–H and O–H groups in total. The van der Waals surface area contributed by atoms with E-state index in [4.69, 9.17) is 0 Å². The Morgan fingerprint density at radius 3 is 2.54 bits per heavy atom. The number of nitrogens with one attached hydrogen (secondary N) is 3. The zero-order valence-corrected chi connectivity index (χ0v) is 19.7. The summed E-state index contributed by atoms with van der Waals surface area (Å²) in [6.07, 6.45) is 7.18. The fraction of sp³-hybridized carbons (Fsp3) is 0.269.